The number of carbonyl (C=O) groups excluding carboxylic acids is 2. The molecule has 31 heavy (non-hydrogen) atoms. The highest BCUT2D eigenvalue weighted by Crippen LogP contribution is 2.29. The molecule has 10 nitrogen and oxygen atoms in total. The van der Waals surface area contributed by atoms with E-state index in [1.54, 1.807) is 0 Å². The molecule has 0 aliphatic carbocycles. The van der Waals surface area contributed by atoms with E-state index < -0.39 is 33.1 Å². The Kier molecular flexibility index (Phi) is 8.18. The maximum Gasteiger partial charge on any atom is 0.338 e. The predicted octanol–water partition coefficient (Wildman–Crippen LogP) is 4.80. The second-order valence-corrected chi connectivity index (χ2v) is 6.88. The number of nitrogens with one attached hydrogen (secondary N) is 1. The van der Waals surface area contributed by atoms with Crippen LogP contribution in [0.5, 0.6) is 0 Å². The van der Waals surface area contributed by atoms with E-state index in [0.29, 0.717) is 17.9 Å². The molecule has 2 rings (SSSR count). The fourth-order valence-corrected chi connectivity index (χ4v) is 2.86. The molecule has 1 amide bonds. The Hall–Kier alpha value is -3.82. The van der Waals surface area contributed by atoms with Crippen LogP contribution in [-0.2, 0) is 4.74 Å². The van der Waals surface area contributed by atoms with E-state index in [1.807, 2.05) is 0 Å². The maximum absolute atomic E-state index is 12.5. The van der Waals surface area contributed by atoms with Gasteiger partial charge in [0.2, 0.25) is 0 Å². The molecule has 0 saturated carbocycles. The Morgan fingerprint density at radius 2 is 1.52 bits per heavy atom. The van der Waals surface area contributed by atoms with Gasteiger partial charge in [0.1, 0.15) is 5.56 Å². The minimum absolute atomic E-state index is 0.135. The number of anilines is 1. The summed E-state index contributed by atoms with van der Waals surface area (Å²) in [7, 11) is 0. The van der Waals surface area contributed by atoms with Crippen molar-refractivity contribution in [2.24, 2.45) is 0 Å². The van der Waals surface area contributed by atoms with Gasteiger partial charge in [-0.05, 0) is 37.6 Å². The lowest BCUT2D eigenvalue weighted by Crippen LogP contribution is -2.13. The quantitative estimate of drug-likeness (QED) is 0.247. The number of nitro benzene ring substituents is 2. The van der Waals surface area contributed by atoms with Crippen molar-refractivity contribution in [3.63, 3.8) is 0 Å². The van der Waals surface area contributed by atoms with E-state index in [1.165, 1.54) is 31.2 Å². The normalized spacial score (nSPS) is 10.4. The van der Waals surface area contributed by atoms with Crippen LogP contribution in [0.25, 0.3) is 0 Å². The van der Waals surface area contributed by atoms with Crippen LogP contribution < -0.4 is 5.32 Å². The van der Waals surface area contributed by atoms with E-state index in [9.17, 15) is 29.8 Å². The largest absolute Gasteiger partial charge is 0.462 e. The van der Waals surface area contributed by atoms with Crippen LogP contribution in [0.15, 0.2) is 36.4 Å². The van der Waals surface area contributed by atoms with E-state index in [0.717, 1.165) is 37.8 Å². The van der Waals surface area contributed by atoms with Gasteiger partial charge in [0.05, 0.1) is 27.6 Å². The van der Waals surface area contributed by atoms with Crippen LogP contribution in [0.2, 0.25) is 0 Å². The first kappa shape index (κ1) is 23.5. The summed E-state index contributed by atoms with van der Waals surface area (Å²) in [4.78, 5) is 45.3. The van der Waals surface area contributed by atoms with Gasteiger partial charge >= 0.3 is 5.97 Å². The molecule has 0 bridgehead atoms. The van der Waals surface area contributed by atoms with Crippen molar-refractivity contribution >= 4 is 28.9 Å². The standard InChI is InChI=1S/C21H23N3O7/c1-3-4-5-6-11-31-21(26)15-7-9-17(10-8-15)22-20(25)16-12-18(23(27)28)14(2)19(13-16)24(29)30/h7-10,12-13H,3-6,11H2,1-2H3,(H,22,25). The molecule has 0 heterocycles. The van der Waals surface area contributed by atoms with Gasteiger partial charge < -0.3 is 10.1 Å². The number of carbonyl (C=O) groups is 2. The number of hydrogen-bond donors (Lipinski definition) is 1. The number of nitro groups is 2. The Morgan fingerprint density at radius 3 is 2.03 bits per heavy atom. The van der Waals surface area contributed by atoms with Crippen LogP contribution in [0.1, 0.15) is 58.9 Å². The molecule has 0 aliphatic heterocycles. The van der Waals surface area contributed by atoms with Crippen molar-refractivity contribution in [3.8, 4) is 0 Å². The van der Waals surface area contributed by atoms with Crippen molar-refractivity contribution in [1.82, 2.24) is 0 Å². The van der Waals surface area contributed by atoms with Gasteiger partial charge in [-0.1, -0.05) is 26.2 Å². The van der Waals surface area contributed by atoms with E-state index >= 15 is 0 Å². The molecule has 164 valence electrons. The number of hydrogen-bond acceptors (Lipinski definition) is 7. The molecular weight excluding hydrogens is 406 g/mol. The molecular formula is C21H23N3O7. The highest BCUT2D eigenvalue weighted by Gasteiger charge is 2.25. The number of esters is 1. The van der Waals surface area contributed by atoms with Crippen molar-refractivity contribution in [2.75, 3.05) is 11.9 Å². The van der Waals surface area contributed by atoms with Crippen molar-refractivity contribution in [2.45, 2.75) is 39.5 Å². The van der Waals surface area contributed by atoms with Gasteiger partial charge in [-0.3, -0.25) is 25.0 Å². The Bertz CT molecular complexity index is 952. The Labute approximate surface area is 178 Å². The topological polar surface area (TPSA) is 142 Å². The summed E-state index contributed by atoms with van der Waals surface area (Å²) in [5.41, 5.74) is -0.762. The third-order valence-corrected chi connectivity index (χ3v) is 4.62. The summed E-state index contributed by atoms with van der Waals surface area (Å²) >= 11 is 0. The fourth-order valence-electron chi connectivity index (χ4n) is 2.86. The Balaban J connectivity index is 2.08. The lowest BCUT2D eigenvalue weighted by Gasteiger charge is -2.08. The highest BCUT2D eigenvalue weighted by molar-refractivity contribution is 6.05. The first-order chi connectivity index (χ1) is 14.7. The zero-order valence-corrected chi connectivity index (χ0v) is 17.3. The minimum atomic E-state index is -0.776. The zero-order valence-electron chi connectivity index (χ0n) is 17.3. The molecule has 0 aliphatic rings. The molecule has 0 fully saturated rings. The highest BCUT2D eigenvalue weighted by atomic mass is 16.6. The van der Waals surface area contributed by atoms with E-state index in [-0.39, 0.29) is 11.1 Å². The number of unbranched alkanes of at least 4 members (excludes halogenated alkanes) is 3. The molecule has 2 aromatic carbocycles. The first-order valence-electron chi connectivity index (χ1n) is 9.76. The van der Waals surface area contributed by atoms with Crippen LogP contribution in [0, 0.1) is 27.2 Å². The molecule has 0 unspecified atom stereocenters. The van der Waals surface area contributed by atoms with Crippen LogP contribution in [0.4, 0.5) is 17.1 Å². The molecule has 1 N–H and O–H groups in total. The Morgan fingerprint density at radius 1 is 0.935 bits per heavy atom. The third kappa shape index (κ3) is 6.33. The van der Waals surface area contributed by atoms with Gasteiger partial charge in [0.15, 0.2) is 0 Å². The molecule has 0 spiro atoms. The minimum Gasteiger partial charge on any atom is -0.462 e. The number of amides is 1. The monoisotopic (exact) mass is 429 g/mol. The fraction of sp³-hybridized carbons (Fsp3) is 0.333. The van der Waals surface area contributed by atoms with Gasteiger partial charge in [-0.25, -0.2) is 4.79 Å². The van der Waals surface area contributed by atoms with Crippen LogP contribution in [-0.4, -0.2) is 28.3 Å². The molecule has 0 radical (unpaired) electrons. The third-order valence-electron chi connectivity index (χ3n) is 4.62. The average Bonchev–Trinajstić information content (AvgIpc) is 2.73. The second kappa shape index (κ2) is 10.8. The number of nitrogens with zero attached hydrogens (tertiary/aromatic N) is 2. The second-order valence-electron chi connectivity index (χ2n) is 6.88. The number of benzene rings is 2. The van der Waals surface area contributed by atoms with Gasteiger partial charge in [-0.2, -0.15) is 0 Å². The summed E-state index contributed by atoms with van der Waals surface area (Å²) < 4.78 is 5.19. The molecule has 0 aromatic heterocycles. The summed E-state index contributed by atoms with van der Waals surface area (Å²) in [6.45, 7) is 3.68. The summed E-state index contributed by atoms with van der Waals surface area (Å²) in [6.07, 6.45) is 3.95. The predicted molar refractivity (Wildman–Crippen MR) is 113 cm³/mol. The summed E-state index contributed by atoms with van der Waals surface area (Å²) in [5, 5.41) is 24.8. The van der Waals surface area contributed by atoms with Gasteiger partial charge in [-0.15, -0.1) is 0 Å². The number of ether oxygens (including phenoxy) is 1. The average molecular weight is 429 g/mol. The first-order valence-corrected chi connectivity index (χ1v) is 9.76. The SMILES string of the molecule is CCCCCCOC(=O)c1ccc(NC(=O)c2cc([N+](=O)[O-])c(C)c([N+](=O)[O-])c2)cc1. The van der Waals surface area contributed by atoms with Gasteiger partial charge in [0, 0.05) is 17.8 Å². The summed E-state index contributed by atoms with van der Waals surface area (Å²) in [5.74, 6) is -1.23. The smallest absolute Gasteiger partial charge is 0.338 e. The van der Waals surface area contributed by atoms with Crippen molar-refractivity contribution in [1.29, 1.82) is 0 Å². The molecule has 0 saturated heterocycles. The number of rotatable bonds is 10. The molecule has 2 aromatic rings. The van der Waals surface area contributed by atoms with Crippen molar-refractivity contribution in [3.05, 3.63) is 73.3 Å². The lowest BCUT2D eigenvalue weighted by atomic mass is 10.1. The van der Waals surface area contributed by atoms with E-state index in [4.69, 9.17) is 4.74 Å². The zero-order chi connectivity index (χ0) is 23.0. The lowest BCUT2D eigenvalue weighted by molar-refractivity contribution is -0.395. The van der Waals surface area contributed by atoms with Crippen LogP contribution in [0.3, 0.4) is 0 Å². The molecule has 10 heteroatoms. The maximum atomic E-state index is 12.5. The molecule has 0 atom stereocenters. The van der Waals surface area contributed by atoms with Gasteiger partial charge in [0.25, 0.3) is 17.3 Å². The van der Waals surface area contributed by atoms with Crippen molar-refractivity contribution < 1.29 is 24.2 Å². The summed E-state index contributed by atoms with van der Waals surface area (Å²) in [6, 6.07) is 7.88. The van der Waals surface area contributed by atoms with E-state index in [2.05, 4.69) is 12.2 Å². The van der Waals surface area contributed by atoms with Crippen LogP contribution >= 0.6 is 0 Å².